The Kier molecular flexibility index (Phi) is 8.43. The normalized spacial score (nSPS) is 14.1. The predicted molar refractivity (Wildman–Crippen MR) is 144 cm³/mol. The van der Waals surface area contributed by atoms with Gasteiger partial charge in [0.05, 0.1) is 37.4 Å². The molecule has 0 aliphatic carbocycles. The van der Waals surface area contributed by atoms with Crippen LogP contribution < -0.4 is 15.0 Å². The van der Waals surface area contributed by atoms with Crippen molar-refractivity contribution in [2.75, 3.05) is 40.0 Å². The highest BCUT2D eigenvalue weighted by Gasteiger charge is 2.19. The molecule has 3 aromatic rings. The third-order valence-corrected chi connectivity index (χ3v) is 6.84. The Bertz CT molecular complexity index is 1370. The lowest BCUT2D eigenvalue weighted by Crippen LogP contribution is -2.43. The Labute approximate surface area is 225 Å². The maximum absolute atomic E-state index is 13.3. The molecular formula is C25H26Br2N4O5. The fourth-order valence-electron chi connectivity index (χ4n) is 3.74. The minimum Gasteiger partial charge on any atom is -0.493 e. The van der Waals surface area contributed by atoms with Crippen LogP contribution in [0, 0.1) is 0 Å². The summed E-state index contributed by atoms with van der Waals surface area (Å²) in [6.45, 7) is 5.97. The maximum Gasteiger partial charge on any atom is 0.282 e. The average molecular weight is 622 g/mol. The summed E-state index contributed by atoms with van der Waals surface area (Å²) in [5.41, 5.74) is 1.02. The van der Waals surface area contributed by atoms with Gasteiger partial charge in [-0.05, 0) is 46.3 Å². The van der Waals surface area contributed by atoms with Crippen molar-refractivity contribution in [1.82, 2.24) is 14.6 Å². The molecule has 1 aliphatic rings. The van der Waals surface area contributed by atoms with Crippen LogP contribution in [0.1, 0.15) is 31.2 Å². The predicted octanol–water partition coefficient (Wildman–Crippen LogP) is 4.17. The second-order valence-electron chi connectivity index (χ2n) is 8.45. The van der Waals surface area contributed by atoms with Crippen LogP contribution in [0.25, 0.3) is 10.9 Å². The number of ether oxygens (including phenoxy) is 3. The molecular weight excluding hydrogens is 596 g/mol. The van der Waals surface area contributed by atoms with Crippen LogP contribution in [0.2, 0.25) is 0 Å². The molecule has 0 bridgehead atoms. The monoisotopic (exact) mass is 620 g/mol. The van der Waals surface area contributed by atoms with E-state index < -0.39 is 0 Å². The summed E-state index contributed by atoms with van der Waals surface area (Å²) in [6, 6.07) is 8.85. The van der Waals surface area contributed by atoms with Gasteiger partial charge in [-0.3, -0.25) is 9.59 Å². The molecule has 0 radical (unpaired) electrons. The van der Waals surface area contributed by atoms with E-state index in [0.717, 1.165) is 4.47 Å². The molecule has 11 heteroatoms. The first kappa shape index (κ1) is 26.3. The number of hydrogen-bond donors (Lipinski definition) is 0. The topological polar surface area (TPSA) is 95.2 Å². The van der Waals surface area contributed by atoms with Gasteiger partial charge in [0.15, 0.2) is 18.1 Å². The van der Waals surface area contributed by atoms with E-state index in [-0.39, 0.29) is 24.0 Å². The average Bonchev–Trinajstić information content (AvgIpc) is 2.88. The van der Waals surface area contributed by atoms with Crippen LogP contribution in [0.15, 0.2) is 49.2 Å². The number of nitrogens with zero attached hydrogens (tertiary/aromatic N) is 4. The molecule has 1 aromatic heterocycles. The highest BCUT2D eigenvalue weighted by molar-refractivity contribution is 9.10. The first-order valence-corrected chi connectivity index (χ1v) is 13.0. The Morgan fingerprint density at radius 1 is 1.19 bits per heavy atom. The number of hydrogen-bond acceptors (Lipinski definition) is 7. The van der Waals surface area contributed by atoms with E-state index in [4.69, 9.17) is 14.2 Å². The van der Waals surface area contributed by atoms with Gasteiger partial charge in [0, 0.05) is 33.5 Å². The lowest BCUT2D eigenvalue weighted by molar-refractivity contribution is -0.137. The Balaban J connectivity index is 1.62. The largest absolute Gasteiger partial charge is 0.493 e. The highest BCUT2D eigenvalue weighted by Crippen LogP contribution is 2.33. The quantitative estimate of drug-likeness (QED) is 0.368. The van der Waals surface area contributed by atoms with E-state index >= 15 is 0 Å². The van der Waals surface area contributed by atoms with Crippen molar-refractivity contribution in [3.63, 3.8) is 0 Å². The smallest absolute Gasteiger partial charge is 0.282 e. The molecule has 36 heavy (non-hydrogen) atoms. The minimum absolute atomic E-state index is 0.0272. The van der Waals surface area contributed by atoms with Gasteiger partial charge in [-0.25, -0.2) is 4.98 Å². The van der Waals surface area contributed by atoms with E-state index in [1.165, 1.54) is 11.8 Å². The van der Waals surface area contributed by atoms with Gasteiger partial charge in [0.25, 0.3) is 11.5 Å². The molecule has 9 nitrogen and oxygen atoms in total. The van der Waals surface area contributed by atoms with E-state index in [1.54, 1.807) is 29.3 Å². The summed E-state index contributed by atoms with van der Waals surface area (Å²) < 4.78 is 19.3. The zero-order chi connectivity index (χ0) is 25.8. The van der Waals surface area contributed by atoms with Crippen molar-refractivity contribution in [3.8, 4) is 11.5 Å². The Morgan fingerprint density at radius 2 is 1.94 bits per heavy atom. The zero-order valence-corrected chi connectivity index (χ0v) is 23.3. The van der Waals surface area contributed by atoms with Crippen LogP contribution in [-0.4, -0.2) is 66.7 Å². The van der Waals surface area contributed by atoms with E-state index in [1.807, 2.05) is 26.0 Å². The number of benzene rings is 2. The van der Waals surface area contributed by atoms with Gasteiger partial charge in [-0.1, -0.05) is 29.8 Å². The molecule has 0 spiro atoms. The molecule has 1 aliphatic heterocycles. The molecule has 0 atom stereocenters. The van der Waals surface area contributed by atoms with Gasteiger partial charge in [-0.2, -0.15) is 9.78 Å². The molecule has 0 N–H and O–H groups in total. The molecule has 0 saturated carbocycles. The number of halogens is 2. The fraction of sp³-hybridized carbons (Fsp3) is 0.360. The summed E-state index contributed by atoms with van der Waals surface area (Å²) in [5.74, 6) is 1.27. The van der Waals surface area contributed by atoms with Gasteiger partial charge >= 0.3 is 0 Å². The third-order valence-electron chi connectivity index (χ3n) is 5.66. The van der Waals surface area contributed by atoms with Gasteiger partial charge < -0.3 is 19.1 Å². The Hall–Kier alpha value is -2.76. The molecule has 1 amide bonds. The number of methoxy groups -OCH3 is 1. The Morgan fingerprint density at radius 3 is 2.64 bits per heavy atom. The molecule has 2 aromatic carbocycles. The standard InChI is InChI=1S/C25H26Br2N4O5/c1-15(2)24-29-20-5-4-17(26)11-18(20)25(33)31(24)28-13-16-10-21(34-3)22(12-19(16)27)36-14-23(32)30-6-8-35-9-7-30/h4-5,10-13,15H,6-9,14H2,1-3H3. The molecule has 1 saturated heterocycles. The number of carbonyl (C=O) groups is 1. The van der Waals surface area contributed by atoms with E-state index in [9.17, 15) is 9.59 Å². The number of fused-ring (bicyclic) bond motifs is 1. The van der Waals surface area contributed by atoms with Crippen LogP contribution >= 0.6 is 31.9 Å². The van der Waals surface area contributed by atoms with Crippen molar-refractivity contribution < 1.29 is 19.0 Å². The number of carbonyl (C=O) groups excluding carboxylic acids is 1. The van der Waals surface area contributed by atoms with E-state index in [0.29, 0.717) is 64.6 Å². The maximum atomic E-state index is 13.3. The van der Waals surface area contributed by atoms with Crippen molar-refractivity contribution in [2.45, 2.75) is 19.8 Å². The van der Waals surface area contributed by atoms with Gasteiger partial charge in [-0.15, -0.1) is 0 Å². The van der Waals surface area contributed by atoms with Crippen LogP contribution in [0.5, 0.6) is 11.5 Å². The third kappa shape index (κ3) is 5.79. The number of aromatic nitrogens is 2. The molecule has 1 fully saturated rings. The first-order chi connectivity index (χ1) is 17.3. The summed E-state index contributed by atoms with van der Waals surface area (Å²) >= 11 is 6.95. The second kappa shape index (κ2) is 11.5. The number of morpholine rings is 1. The van der Waals surface area contributed by atoms with Crippen molar-refractivity contribution in [1.29, 1.82) is 0 Å². The second-order valence-corrected chi connectivity index (χ2v) is 10.2. The highest BCUT2D eigenvalue weighted by atomic mass is 79.9. The molecule has 0 unspecified atom stereocenters. The summed E-state index contributed by atoms with van der Waals surface area (Å²) in [7, 11) is 1.52. The summed E-state index contributed by atoms with van der Waals surface area (Å²) in [5, 5.41) is 4.95. The van der Waals surface area contributed by atoms with Crippen molar-refractivity contribution in [2.24, 2.45) is 5.10 Å². The van der Waals surface area contributed by atoms with Crippen molar-refractivity contribution in [3.05, 3.63) is 61.0 Å². The number of amides is 1. The van der Waals surface area contributed by atoms with Crippen molar-refractivity contribution >= 4 is 54.9 Å². The van der Waals surface area contributed by atoms with Gasteiger partial charge in [0.2, 0.25) is 0 Å². The van der Waals surface area contributed by atoms with Crippen LogP contribution in [0.3, 0.4) is 0 Å². The molecule has 2 heterocycles. The van der Waals surface area contributed by atoms with Crippen LogP contribution in [0.4, 0.5) is 0 Å². The summed E-state index contributed by atoms with van der Waals surface area (Å²) in [6.07, 6.45) is 1.56. The first-order valence-electron chi connectivity index (χ1n) is 11.4. The fourth-order valence-corrected chi connectivity index (χ4v) is 4.52. The molecule has 190 valence electrons. The number of rotatable bonds is 7. The minimum atomic E-state index is -0.258. The van der Waals surface area contributed by atoms with Crippen LogP contribution in [-0.2, 0) is 9.53 Å². The lowest BCUT2D eigenvalue weighted by Gasteiger charge is -2.26. The van der Waals surface area contributed by atoms with E-state index in [2.05, 4.69) is 41.9 Å². The zero-order valence-electron chi connectivity index (χ0n) is 20.2. The SMILES string of the molecule is COc1cc(C=Nn2c(C(C)C)nc3ccc(Br)cc3c2=O)c(Br)cc1OCC(=O)N1CCOCC1. The summed E-state index contributed by atoms with van der Waals surface area (Å²) in [4.78, 5) is 32.1. The molecule has 4 rings (SSSR count). The van der Waals surface area contributed by atoms with Gasteiger partial charge in [0.1, 0.15) is 5.82 Å². The lowest BCUT2D eigenvalue weighted by atomic mass is 10.2.